The SMILES string of the molecule is Cc1ccc(NC(=O)CS(=O)(=O)CC(=O)N(C)c2ccccc2)cc1. The maximum atomic E-state index is 12.2. The number of nitrogens with one attached hydrogen (secondary N) is 1. The number of para-hydroxylation sites is 1. The van der Waals surface area contributed by atoms with Crippen molar-refractivity contribution in [3.05, 3.63) is 60.2 Å². The lowest BCUT2D eigenvalue weighted by Gasteiger charge is -2.17. The number of carbonyl (C=O) groups excluding carboxylic acids is 2. The number of hydrogen-bond donors (Lipinski definition) is 1. The van der Waals surface area contributed by atoms with E-state index in [1.165, 1.54) is 11.9 Å². The third-order valence-electron chi connectivity index (χ3n) is 3.55. The zero-order valence-electron chi connectivity index (χ0n) is 14.1. The molecule has 0 aliphatic rings. The molecule has 0 fully saturated rings. The molecule has 2 aromatic rings. The van der Waals surface area contributed by atoms with Crippen molar-refractivity contribution in [1.82, 2.24) is 0 Å². The summed E-state index contributed by atoms with van der Waals surface area (Å²) in [6.07, 6.45) is 0. The molecule has 2 aromatic carbocycles. The summed E-state index contributed by atoms with van der Waals surface area (Å²) in [5.74, 6) is -2.72. The summed E-state index contributed by atoms with van der Waals surface area (Å²) >= 11 is 0. The Morgan fingerprint density at radius 3 is 2.16 bits per heavy atom. The highest BCUT2D eigenvalue weighted by Gasteiger charge is 2.23. The molecule has 0 atom stereocenters. The van der Waals surface area contributed by atoms with Crippen molar-refractivity contribution in [2.75, 3.05) is 28.8 Å². The lowest BCUT2D eigenvalue weighted by atomic mass is 10.2. The van der Waals surface area contributed by atoms with E-state index in [2.05, 4.69) is 5.32 Å². The van der Waals surface area contributed by atoms with Crippen molar-refractivity contribution < 1.29 is 18.0 Å². The number of hydrogen-bond acceptors (Lipinski definition) is 4. The summed E-state index contributed by atoms with van der Waals surface area (Å²) in [6.45, 7) is 1.91. The predicted octanol–water partition coefficient (Wildman–Crippen LogP) is 2.01. The molecule has 0 spiro atoms. The van der Waals surface area contributed by atoms with Crippen LogP contribution in [-0.2, 0) is 19.4 Å². The third-order valence-corrected chi connectivity index (χ3v) is 4.94. The average molecular weight is 360 g/mol. The van der Waals surface area contributed by atoms with Crippen LogP contribution in [-0.4, -0.2) is 38.8 Å². The van der Waals surface area contributed by atoms with Crippen LogP contribution in [0.4, 0.5) is 11.4 Å². The minimum Gasteiger partial charge on any atom is -0.325 e. The molecule has 0 aromatic heterocycles. The fraction of sp³-hybridized carbons (Fsp3) is 0.222. The van der Waals surface area contributed by atoms with Crippen LogP contribution in [0.25, 0.3) is 0 Å². The van der Waals surface area contributed by atoms with Crippen LogP contribution in [0, 0.1) is 6.92 Å². The van der Waals surface area contributed by atoms with Crippen molar-refractivity contribution in [2.24, 2.45) is 0 Å². The fourth-order valence-electron chi connectivity index (χ4n) is 2.17. The van der Waals surface area contributed by atoms with E-state index in [0.29, 0.717) is 11.4 Å². The van der Waals surface area contributed by atoms with Gasteiger partial charge in [0.25, 0.3) is 0 Å². The molecule has 1 N–H and O–H groups in total. The summed E-state index contributed by atoms with van der Waals surface area (Å²) in [6, 6.07) is 15.7. The second-order valence-electron chi connectivity index (χ2n) is 5.73. The predicted molar refractivity (Wildman–Crippen MR) is 98.3 cm³/mol. The van der Waals surface area contributed by atoms with Crippen molar-refractivity contribution in [3.63, 3.8) is 0 Å². The summed E-state index contributed by atoms with van der Waals surface area (Å²) in [5.41, 5.74) is 2.13. The molecule has 0 bridgehead atoms. The highest BCUT2D eigenvalue weighted by Crippen LogP contribution is 2.12. The number of amides is 2. The van der Waals surface area contributed by atoms with Gasteiger partial charge in [-0.2, -0.15) is 0 Å². The molecule has 2 rings (SSSR count). The van der Waals surface area contributed by atoms with E-state index < -0.39 is 33.2 Å². The van der Waals surface area contributed by atoms with Crippen LogP contribution >= 0.6 is 0 Å². The van der Waals surface area contributed by atoms with Gasteiger partial charge in [-0.3, -0.25) is 9.59 Å². The molecular formula is C18H20N2O4S. The Kier molecular flexibility index (Phi) is 5.93. The van der Waals surface area contributed by atoms with Crippen molar-refractivity contribution in [3.8, 4) is 0 Å². The van der Waals surface area contributed by atoms with Crippen LogP contribution in [0.5, 0.6) is 0 Å². The van der Waals surface area contributed by atoms with E-state index in [0.717, 1.165) is 5.56 Å². The number of benzene rings is 2. The number of nitrogens with zero attached hydrogens (tertiary/aromatic N) is 1. The van der Waals surface area contributed by atoms with Gasteiger partial charge in [-0.1, -0.05) is 35.9 Å². The van der Waals surface area contributed by atoms with Gasteiger partial charge in [-0.15, -0.1) is 0 Å². The maximum Gasteiger partial charge on any atom is 0.241 e. The van der Waals surface area contributed by atoms with Gasteiger partial charge < -0.3 is 10.2 Å². The molecule has 25 heavy (non-hydrogen) atoms. The molecular weight excluding hydrogens is 340 g/mol. The molecule has 6 nitrogen and oxygen atoms in total. The van der Waals surface area contributed by atoms with Crippen LogP contribution < -0.4 is 10.2 Å². The molecule has 0 aliphatic carbocycles. The quantitative estimate of drug-likeness (QED) is 0.854. The number of rotatable bonds is 6. The molecule has 7 heteroatoms. The Bertz CT molecular complexity index is 846. The number of aryl methyl sites for hydroxylation is 1. The van der Waals surface area contributed by atoms with E-state index in [9.17, 15) is 18.0 Å². The van der Waals surface area contributed by atoms with Crippen molar-refractivity contribution in [1.29, 1.82) is 0 Å². The summed E-state index contributed by atoms with van der Waals surface area (Å²) in [5, 5.41) is 2.52. The molecule has 2 amide bonds. The second kappa shape index (κ2) is 7.94. The average Bonchev–Trinajstić information content (AvgIpc) is 2.56. The van der Waals surface area contributed by atoms with E-state index in [4.69, 9.17) is 0 Å². The first-order valence-corrected chi connectivity index (χ1v) is 9.47. The Balaban J connectivity index is 1.95. The van der Waals surface area contributed by atoms with E-state index in [1.807, 2.05) is 19.1 Å². The molecule has 0 unspecified atom stereocenters. The Hall–Kier alpha value is -2.67. The summed E-state index contributed by atoms with van der Waals surface area (Å²) in [4.78, 5) is 25.3. The van der Waals surface area contributed by atoms with Gasteiger partial charge in [-0.05, 0) is 31.2 Å². The normalized spacial score (nSPS) is 11.0. The Labute approximate surface area is 147 Å². The van der Waals surface area contributed by atoms with E-state index in [-0.39, 0.29) is 0 Å². The van der Waals surface area contributed by atoms with Crippen molar-refractivity contribution in [2.45, 2.75) is 6.92 Å². The van der Waals surface area contributed by atoms with Crippen LogP contribution in [0.1, 0.15) is 5.56 Å². The molecule has 0 saturated carbocycles. The number of anilines is 2. The van der Waals surface area contributed by atoms with Crippen LogP contribution in [0.2, 0.25) is 0 Å². The molecule has 132 valence electrons. The zero-order chi connectivity index (χ0) is 18.4. The fourth-order valence-corrected chi connectivity index (χ4v) is 3.31. The molecule has 0 radical (unpaired) electrons. The van der Waals surface area contributed by atoms with Crippen LogP contribution in [0.15, 0.2) is 54.6 Å². The Morgan fingerprint density at radius 1 is 0.960 bits per heavy atom. The molecule has 0 aliphatic heterocycles. The maximum absolute atomic E-state index is 12.2. The molecule has 0 heterocycles. The number of sulfone groups is 1. The first-order valence-electron chi connectivity index (χ1n) is 7.65. The summed E-state index contributed by atoms with van der Waals surface area (Å²) in [7, 11) is -2.37. The number of carbonyl (C=O) groups is 2. The Morgan fingerprint density at radius 2 is 1.56 bits per heavy atom. The van der Waals surface area contributed by atoms with Gasteiger partial charge >= 0.3 is 0 Å². The minimum absolute atomic E-state index is 0.513. The minimum atomic E-state index is -3.86. The highest BCUT2D eigenvalue weighted by molar-refractivity contribution is 7.92. The van der Waals surface area contributed by atoms with Gasteiger partial charge in [0.2, 0.25) is 11.8 Å². The lowest BCUT2D eigenvalue weighted by molar-refractivity contribution is -0.116. The topological polar surface area (TPSA) is 83.5 Å². The van der Waals surface area contributed by atoms with Crippen LogP contribution in [0.3, 0.4) is 0 Å². The zero-order valence-corrected chi connectivity index (χ0v) is 14.9. The first-order chi connectivity index (χ1) is 11.8. The van der Waals surface area contributed by atoms with Crippen molar-refractivity contribution >= 4 is 33.0 Å². The van der Waals surface area contributed by atoms with E-state index in [1.54, 1.807) is 42.5 Å². The smallest absolute Gasteiger partial charge is 0.241 e. The largest absolute Gasteiger partial charge is 0.325 e. The first kappa shape index (κ1) is 18.7. The van der Waals surface area contributed by atoms with Gasteiger partial charge in [0.05, 0.1) is 0 Å². The van der Waals surface area contributed by atoms with Gasteiger partial charge in [0, 0.05) is 18.4 Å². The van der Waals surface area contributed by atoms with Gasteiger partial charge in [0.15, 0.2) is 9.84 Å². The van der Waals surface area contributed by atoms with E-state index >= 15 is 0 Å². The van der Waals surface area contributed by atoms with Gasteiger partial charge in [-0.25, -0.2) is 8.42 Å². The molecule has 0 saturated heterocycles. The summed E-state index contributed by atoms with van der Waals surface area (Å²) < 4.78 is 24.2. The monoisotopic (exact) mass is 360 g/mol. The third kappa shape index (κ3) is 5.72. The van der Waals surface area contributed by atoms with Gasteiger partial charge in [0.1, 0.15) is 11.5 Å². The highest BCUT2D eigenvalue weighted by atomic mass is 32.2. The second-order valence-corrected chi connectivity index (χ2v) is 7.80. The standard InChI is InChI=1S/C18H20N2O4S/c1-14-8-10-15(11-9-14)19-17(21)12-25(23,24)13-18(22)20(2)16-6-4-3-5-7-16/h3-11H,12-13H2,1-2H3,(H,19,21). The lowest BCUT2D eigenvalue weighted by Crippen LogP contribution is -2.35.